The van der Waals surface area contributed by atoms with Crippen LogP contribution in [0.3, 0.4) is 0 Å². The number of rotatable bonds is 5. The minimum Gasteiger partial charge on any atom is -0.372 e. The first-order valence-corrected chi connectivity index (χ1v) is 6.43. The molecule has 2 aromatic rings. The summed E-state index contributed by atoms with van der Waals surface area (Å²) in [5.41, 5.74) is 5.93. The highest BCUT2D eigenvalue weighted by atomic mass is 19.1. The molecule has 2 rings (SSSR count). The van der Waals surface area contributed by atoms with Gasteiger partial charge in [-0.05, 0) is 6.07 Å². The highest BCUT2D eigenvalue weighted by Crippen LogP contribution is 2.11. The molecule has 0 aliphatic rings. The van der Waals surface area contributed by atoms with Crippen molar-refractivity contribution < 1.29 is 8.78 Å². The molecule has 0 aliphatic carbocycles. The fourth-order valence-corrected chi connectivity index (χ4v) is 1.89. The average Bonchev–Trinajstić information content (AvgIpc) is 2.44. The Hall–Kier alpha value is -2.28. The van der Waals surface area contributed by atoms with Gasteiger partial charge < -0.3 is 10.6 Å². The van der Waals surface area contributed by atoms with Crippen molar-refractivity contribution in [3.8, 4) is 0 Å². The number of aromatic nitrogens is 2. The second kappa shape index (κ2) is 6.45. The molecular formula is C14H16F2N4O. The Bertz CT molecular complexity index is 687. The monoisotopic (exact) mass is 294 g/mol. The molecule has 1 heterocycles. The Morgan fingerprint density at radius 2 is 2.10 bits per heavy atom. The molecular weight excluding hydrogens is 278 g/mol. The van der Waals surface area contributed by atoms with E-state index in [1.165, 1.54) is 18.3 Å². The van der Waals surface area contributed by atoms with Crippen molar-refractivity contribution in [3.63, 3.8) is 0 Å². The number of likely N-dealkylation sites (N-methyl/N-ethyl adjacent to an activating group) is 1. The van der Waals surface area contributed by atoms with Crippen LogP contribution in [-0.2, 0) is 6.54 Å². The first-order chi connectivity index (χ1) is 10.0. The maximum Gasteiger partial charge on any atom is 0.269 e. The van der Waals surface area contributed by atoms with E-state index in [4.69, 9.17) is 5.73 Å². The lowest BCUT2D eigenvalue weighted by Crippen LogP contribution is -2.29. The van der Waals surface area contributed by atoms with Gasteiger partial charge in [-0.1, -0.05) is 6.07 Å². The minimum atomic E-state index is -0.701. The number of nitrogens with two attached hydrogens (primary N) is 1. The lowest BCUT2D eigenvalue weighted by atomic mass is 10.2. The molecule has 2 N–H and O–H groups in total. The first-order valence-electron chi connectivity index (χ1n) is 6.43. The second-order valence-electron chi connectivity index (χ2n) is 4.66. The molecule has 0 amide bonds. The van der Waals surface area contributed by atoms with Crippen LogP contribution in [0, 0.1) is 11.6 Å². The molecule has 1 aromatic heterocycles. The van der Waals surface area contributed by atoms with Crippen molar-refractivity contribution in [2.75, 3.05) is 25.0 Å². The topological polar surface area (TPSA) is 64.2 Å². The molecule has 0 aliphatic heterocycles. The van der Waals surface area contributed by atoms with Gasteiger partial charge >= 0.3 is 0 Å². The molecule has 0 bridgehead atoms. The lowest BCUT2D eigenvalue weighted by molar-refractivity contribution is 0.551. The van der Waals surface area contributed by atoms with E-state index in [0.29, 0.717) is 18.8 Å². The van der Waals surface area contributed by atoms with E-state index in [1.54, 1.807) is 11.9 Å². The van der Waals surface area contributed by atoms with Gasteiger partial charge in [-0.15, -0.1) is 0 Å². The van der Waals surface area contributed by atoms with Crippen molar-refractivity contribution in [1.29, 1.82) is 0 Å². The zero-order valence-electron chi connectivity index (χ0n) is 11.6. The van der Waals surface area contributed by atoms with Gasteiger partial charge in [0.2, 0.25) is 0 Å². The van der Waals surface area contributed by atoms with Crippen LogP contribution in [0.2, 0.25) is 0 Å². The van der Waals surface area contributed by atoms with E-state index in [-0.39, 0.29) is 17.7 Å². The Labute approximate surface area is 120 Å². The van der Waals surface area contributed by atoms with Crippen molar-refractivity contribution >= 4 is 5.69 Å². The molecule has 0 unspecified atom stereocenters. The van der Waals surface area contributed by atoms with Crippen LogP contribution in [0.5, 0.6) is 0 Å². The summed E-state index contributed by atoms with van der Waals surface area (Å²) in [6.45, 7) is 1.00. The molecule has 1 aromatic carbocycles. The Morgan fingerprint density at radius 1 is 1.33 bits per heavy atom. The molecule has 0 radical (unpaired) electrons. The van der Waals surface area contributed by atoms with Gasteiger partial charge in [0.25, 0.3) is 5.56 Å². The van der Waals surface area contributed by atoms with E-state index in [0.717, 1.165) is 16.8 Å². The SMILES string of the molecule is CN(CCN)c1cnn(Cc2ccc(F)cc2F)c(=O)c1. The average molecular weight is 294 g/mol. The maximum absolute atomic E-state index is 13.6. The third-order valence-electron chi connectivity index (χ3n) is 3.10. The molecule has 0 fully saturated rings. The molecule has 0 saturated heterocycles. The Morgan fingerprint density at radius 3 is 2.71 bits per heavy atom. The number of halogens is 2. The maximum atomic E-state index is 13.6. The summed E-state index contributed by atoms with van der Waals surface area (Å²) in [7, 11) is 1.80. The Kier molecular flexibility index (Phi) is 4.64. The highest BCUT2D eigenvalue weighted by Gasteiger charge is 2.08. The number of nitrogens with zero attached hydrogens (tertiary/aromatic N) is 3. The van der Waals surface area contributed by atoms with Crippen molar-refractivity contribution in [3.05, 3.63) is 58.0 Å². The summed E-state index contributed by atoms with van der Waals surface area (Å²) in [4.78, 5) is 13.8. The van der Waals surface area contributed by atoms with Crippen LogP contribution in [-0.4, -0.2) is 29.9 Å². The van der Waals surface area contributed by atoms with Crippen LogP contribution in [0.4, 0.5) is 14.5 Å². The number of hydrogen-bond acceptors (Lipinski definition) is 4. The van der Waals surface area contributed by atoms with Crippen LogP contribution in [0.25, 0.3) is 0 Å². The van der Waals surface area contributed by atoms with Crippen LogP contribution in [0.15, 0.2) is 35.3 Å². The fraction of sp³-hybridized carbons (Fsp3) is 0.286. The van der Waals surface area contributed by atoms with Crippen LogP contribution < -0.4 is 16.2 Å². The summed E-state index contributed by atoms with van der Waals surface area (Å²) < 4.78 is 27.5. The van der Waals surface area contributed by atoms with E-state index in [9.17, 15) is 13.6 Å². The molecule has 21 heavy (non-hydrogen) atoms. The number of benzene rings is 1. The van der Waals surface area contributed by atoms with Gasteiger partial charge in [0, 0.05) is 37.8 Å². The zero-order chi connectivity index (χ0) is 15.4. The third kappa shape index (κ3) is 3.63. The van der Waals surface area contributed by atoms with Gasteiger partial charge in [-0.2, -0.15) is 5.10 Å². The summed E-state index contributed by atoms with van der Waals surface area (Å²) in [6, 6.07) is 4.63. The second-order valence-corrected chi connectivity index (χ2v) is 4.66. The van der Waals surface area contributed by atoms with Gasteiger partial charge in [0.05, 0.1) is 18.4 Å². The summed E-state index contributed by atoms with van der Waals surface area (Å²) >= 11 is 0. The predicted molar refractivity (Wildman–Crippen MR) is 76.3 cm³/mol. The quantitative estimate of drug-likeness (QED) is 0.892. The smallest absolute Gasteiger partial charge is 0.269 e. The Balaban J connectivity index is 2.23. The normalized spacial score (nSPS) is 10.7. The summed E-state index contributed by atoms with van der Waals surface area (Å²) in [5, 5.41) is 4.00. The van der Waals surface area contributed by atoms with Crippen molar-refractivity contribution in [2.24, 2.45) is 5.73 Å². The van der Waals surface area contributed by atoms with Gasteiger partial charge in [-0.25, -0.2) is 13.5 Å². The fourth-order valence-electron chi connectivity index (χ4n) is 1.89. The van der Waals surface area contributed by atoms with E-state index in [2.05, 4.69) is 5.10 Å². The molecule has 0 spiro atoms. The zero-order valence-corrected chi connectivity index (χ0v) is 11.6. The predicted octanol–water partition coefficient (Wildman–Crippen LogP) is 0.965. The van der Waals surface area contributed by atoms with Gasteiger partial charge in [-0.3, -0.25) is 4.79 Å². The first kappa shape index (κ1) is 15.1. The lowest BCUT2D eigenvalue weighted by Gasteiger charge is -2.17. The minimum absolute atomic E-state index is 0.0498. The van der Waals surface area contributed by atoms with Gasteiger partial charge in [0.1, 0.15) is 11.6 Å². The van der Waals surface area contributed by atoms with E-state index >= 15 is 0 Å². The van der Waals surface area contributed by atoms with Gasteiger partial charge in [0.15, 0.2) is 0 Å². The van der Waals surface area contributed by atoms with Crippen molar-refractivity contribution in [1.82, 2.24) is 9.78 Å². The standard InChI is InChI=1S/C14H16F2N4O/c1-19(5-4-17)12-7-14(21)20(18-8-12)9-10-2-3-11(15)6-13(10)16/h2-3,6-8H,4-5,9,17H2,1H3. The summed E-state index contributed by atoms with van der Waals surface area (Å²) in [6.07, 6.45) is 1.51. The van der Waals surface area contributed by atoms with Crippen LogP contribution >= 0.6 is 0 Å². The molecule has 0 atom stereocenters. The molecule has 112 valence electrons. The van der Waals surface area contributed by atoms with Crippen molar-refractivity contribution in [2.45, 2.75) is 6.54 Å². The highest BCUT2D eigenvalue weighted by molar-refractivity contribution is 5.41. The third-order valence-corrected chi connectivity index (χ3v) is 3.10. The molecule has 5 nitrogen and oxygen atoms in total. The number of anilines is 1. The number of hydrogen-bond donors (Lipinski definition) is 1. The molecule has 0 saturated carbocycles. The van der Waals surface area contributed by atoms with E-state index in [1.807, 2.05) is 0 Å². The largest absolute Gasteiger partial charge is 0.372 e. The summed E-state index contributed by atoms with van der Waals surface area (Å²) in [5.74, 6) is -1.36. The van der Waals surface area contributed by atoms with Crippen LogP contribution in [0.1, 0.15) is 5.56 Å². The van der Waals surface area contributed by atoms with E-state index < -0.39 is 11.6 Å². The molecule has 7 heteroatoms.